The predicted octanol–water partition coefficient (Wildman–Crippen LogP) is 3.89. The normalized spacial score (nSPS) is 16.2. The Morgan fingerprint density at radius 2 is 1.62 bits per heavy atom. The number of anilines is 2. The number of nitrogens with one attached hydrogen (secondary N) is 1. The molecule has 3 rings (SSSR count). The second-order valence-electron chi connectivity index (χ2n) is 7.56. The van der Waals surface area contributed by atoms with Gasteiger partial charge in [0.1, 0.15) is 0 Å². The quantitative estimate of drug-likeness (QED) is 0.621. The fraction of sp³-hybridized carbons (Fsp3) is 0.381. The van der Waals surface area contributed by atoms with Crippen LogP contribution >= 0.6 is 12.4 Å². The Labute approximate surface area is 191 Å². The fourth-order valence-corrected chi connectivity index (χ4v) is 4.13. The number of Topliss-reactive ketones (excluding diaryl/α,β-unsaturated/α-hetero) is 1. The molecule has 2 aromatic rings. The van der Waals surface area contributed by atoms with Crippen LogP contribution in [0.3, 0.4) is 0 Å². The molecular formula is C21H25ClF3N3O3S. The lowest BCUT2D eigenvalue weighted by atomic mass is 10.0. The monoisotopic (exact) mass is 491 g/mol. The highest BCUT2D eigenvalue weighted by Gasteiger charge is 2.31. The van der Waals surface area contributed by atoms with Crippen molar-refractivity contribution < 1.29 is 26.4 Å². The molecule has 2 aromatic carbocycles. The van der Waals surface area contributed by atoms with Crippen molar-refractivity contribution in [2.75, 3.05) is 42.1 Å². The highest BCUT2D eigenvalue weighted by Crippen LogP contribution is 2.32. The molecule has 1 unspecified atom stereocenters. The Hall–Kier alpha value is -2.30. The molecule has 0 aliphatic carbocycles. The maximum atomic E-state index is 13.0. The van der Waals surface area contributed by atoms with Crippen LogP contribution in [0, 0.1) is 0 Å². The summed E-state index contributed by atoms with van der Waals surface area (Å²) in [5.74, 6) is -0.0987. The highest BCUT2D eigenvalue weighted by atomic mass is 35.5. The number of nitrogens with zero attached hydrogens (tertiary/aromatic N) is 2. The van der Waals surface area contributed by atoms with Gasteiger partial charge in [0.15, 0.2) is 5.78 Å². The number of halogens is 4. The summed E-state index contributed by atoms with van der Waals surface area (Å²) in [6.07, 6.45) is -3.34. The Kier molecular flexibility index (Phi) is 8.19. The second-order valence-corrected chi connectivity index (χ2v) is 9.31. The van der Waals surface area contributed by atoms with Gasteiger partial charge in [-0.3, -0.25) is 14.4 Å². The van der Waals surface area contributed by atoms with E-state index < -0.39 is 27.8 Å². The lowest BCUT2D eigenvalue weighted by Gasteiger charge is -2.38. The lowest BCUT2D eigenvalue weighted by molar-refractivity contribution is -0.137. The average Bonchev–Trinajstić information content (AvgIpc) is 2.72. The van der Waals surface area contributed by atoms with Crippen LogP contribution in [0.1, 0.15) is 22.8 Å². The first-order valence-corrected chi connectivity index (χ1v) is 11.6. The summed E-state index contributed by atoms with van der Waals surface area (Å²) in [7, 11) is -3.39. The Balaban J connectivity index is 0.00000363. The zero-order chi connectivity index (χ0) is 22.8. The molecule has 1 aliphatic heterocycles. The summed E-state index contributed by atoms with van der Waals surface area (Å²) in [6.45, 7) is 3.89. The van der Waals surface area contributed by atoms with Gasteiger partial charge in [0.2, 0.25) is 10.0 Å². The molecule has 1 aliphatic rings. The molecule has 1 N–H and O–H groups in total. The summed E-state index contributed by atoms with van der Waals surface area (Å²) in [5, 5.41) is 0. The van der Waals surface area contributed by atoms with Gasteiger partial charge < -0.3 is 4.90 Å². The largest absolute Gasteiger partial charge is 0.416 e. The molecule has 1 heterocycles. The van der Waals surface area contributed by atoms with E-state index in [0.29, 0.717) is 43.1 Å². The van der Waals surface area contributed by atoms with Gasteiger partial charge in [-0.05, 0) is 49.4 Å². The standard InChI is InChI=1S/C21H24F3N3O3S.ClH/c1-15(20(28)16-6-8-18(9-7-16)25-31(2,29)30)26-10-12-27(13-11-26)19-5-3-4-17(14-19)21(22,23)24;/h3-9,14-15,25H,10-13H2,1-2H3;1H. The van der Waals surface area contributed by atoms with Crippen LogP contribution in [0.4, 0.5) is 24.5 Å². The van der Waals surface area contributed by atoms with E-state index >= 15 is 0 Å². The van der Waals surface area contributed by atoms with E-state index in [-0.39, 0.29) is 18.2 Å². The lowest BCUT2D eigenvalue weighted by Crippen LogP contribution is -2.51. The van der Waals surface area contributed by atoms with E-state index in [0.717, 1.165) is 18.4 Å². The van der Waals surface area contributed by atoms with Gasteiger partial charge >= 0.3 is 6.18 Å². The first-order chi connectivity index (χ1) is 14.4. The number of rotatable bonds is 6. The summed E-state index contributed by atoms with van der Waals surface area (Å²) in [6, 6.07) is 11.1. The summed E-state index contributed by atoms with van der Waals surface area (Å²) in [4.78, 5) is 16.7. The maximum absolute atomic E-state index is 13.0. The van der Waals surface area contributed by atoms with Crippen molar-refractivity contribution in [1.82, 2.24) is 4.90 Å². The van der Waals surface area contributed by atoms with E-state index in [2.05, 4.69) is 4.72 Å². The average molecular weight is 492 g/mol. The molecule has 0 bridgehead atoms. The number of hydrogen-bond acceptors (Lipinski definition) is 5. The Morgan fingerprint density at radius 3 is 2.16 bits per heavy atom. The smallest absolute Gasteiger partial charge is 0.369 e. The number of ketones is 1. The van der Waals surface area contributed by atoms with Crippen LogP contribution in [0.15, 0.2) is 48.5 Å². The van der Waals surface area contributed by atoms with Crippen LogP contribution in [-0.2, 0) is 16.2 Å². The van der Waals surface area contributed by atoms with E-state index in [9.17, 15) is 26.4 Å². The van der Waals surface area contributed by atoms with Gasteiger partial charge in [-0.1, -0.05) is 6.07 Å². The highest BCUT2D eigenvalue weighted by molar-refractivity contribution is 7.92. The molecular weight excluding hydrogens is 467 g/mol. The molecule has 0 spiro atoms. The van der Waals surface area contributed by atoms with E-state index in [1.807, 2.05) is 9.80 Å². The number of alkyl halides is 3. The summed E-state index contributed by atoms with van der Waals surface area (Å²) >= 11 is 0. The molecule has 1 fully saturated rings. The Bertz CT molecular complexity index is 1040. The fourth-order valence-electron chi connectivity index (χ4n) is 3.57. The molecule has 176 valence electrons. The number of piperazine rings is 1. The van der Waals surface area contributed by atoms with Crippen LogP contribution in [-0.4, -0.2) is 57.6 Å². The molecule has 6 nitrogen and oxygen atoms in total. The van der Waals surface area contributed by atoms with Crippen molar-refractivity contribution in [1.29, 1.82) is 0 Å². The molecule has 11 heteroatoms. The summed E-state index contributed by atoms with van der Waals surface area (Å²) in [5.41, 5.74) is 0.681. The topological polar surface area (TPSA) is 69.7 Å². The first kappa shape index (κ1) is 26.0. The van der Waals surface area contributed by atoms with Crippen LogP contribution < -0.4 is 9.62 Å². The van der Waals surface area contributed by atoms with Crippen LogP contribution in [0.25, 0.3) is 0 Å². The first-order valence-electron chi connectivity index (χ1n) is 9.72. The minimum absolute atomic E-state index is 0. The van der Waals surface area contributed by atoms with E-state index in [1.54, 1.807) is 25.1 Å². The molecule has 0 aromatic heterocycles. The third-order valence-corrected chi connectivity index (χ3v) is 5.86. The minimum Gasteiger partial charge on any atom is -0.369 e. The molecule has 1 saturated heterocycles. The van der Waals surface area contributed by atoms with Crippen molar-refractivity contribution in [2.45, 2.75) is 19.1 Å². The second kappa shape index (κ2) is 10.1. The van der Waals surface area contributed by atoms with Gasteiger partial charge in [-0.25, -0.2) is 8.42 Å². The number of sulfonamides is 1. The van der Waals surface area contributed by atoms with Gasteiger partial charge in [0.25, 0.3) is 0 Å². The third-order valence-electron chi connectivity index (χ3n) is 5.25. The van der Waals surface area contributed by atoms with E-state index in [1.165, 1.54) is 18.2 Å². The van der Waals surface area contributed by atoms with Crippen molar-refractivity contribution in [3.63, 3.8) is 0 Å². The number of hydrogen-bond donors (Lipinski definition) is 1. The minimum atomic E-state index is -4.38. The van der Waals surface area contributed by atoms with Crippen molar-refractivity contribution in [2.24, 2.45) is 0 Å². The Morgan fingerprint density at radius 1 is 1.03 bits per heavy atom. The van der Waals surface area contributed by atoms with Crippen LogP contribution in [0.5, 0.6) is 0 Å². The van der Waals surface area contributed by atoms with Crippen LogP contribution in [0.2, 0.25) is 0 Å². The third kappa shape index (κ3) is 6.60. The SMILES string of the molecule is CC(C(=O)c1ccc(NS(C)(=O)=O)cc1)N1CCN(c2cccc(C(F)(F)F)c2)CC1.Cl. The number of carbonyl (C=O) groups excluding carboxylic acids is 1. The van der Waals surface area contributed by atoms with Crippen molar-refractivity contribution >= 4 is 39.6 Å². The van der Waals surface area contributed by atoms with Gasteiger partial charge in [-0.2, -0.15) is 13.2 Å². The van der Waals surface area contributed by atoms with E-state index in [4.69, 9.17) is 0 Å². The molecule has 0 radical (unpaired) electrons. The molecule has 0 amide bonds. The van der Waals surface area contributed by atoms with Gasteiger partial charge in [0, 0.05) is 43.1 Å². The summed E-state index contributed by atoms with van der Waals surface area (Å²) < 4.78 is 63.8. The maximum Gasteiger partial charge on any atom is 0.416 e. The zero-order valence-corrected chi connectivity index (χ0v) is 19.2. The predicted molar refractivity (Wildman–Crippen MR) is 121 cm³/mol. The number of carbonyl (C=O) groups is 1. The van der Waals surface area contributed by atoms with Gasteiger partial charge in [0.05, 0.1) is 17.9 Å². The number of benzene rings is 2. The zero-order valence-electron chi connectivity index (χ0n) is 17.6. The van der Waals surface area contributed by atoms with Crippen molar-refractivity contribution in [3.8, 4) is 0 Å². The molecule has 1 atom stereocenters. The molecule has 0 saturated carbocycles. The molecule has 32 heavy (non-hydrogen) atoms. The van der Waals surface area contributed by atoms with Gasteiger partial charge in [-0.15, -0.1) is 12.4 Å². The van der Waals surface area contributed by atoms with Crippen molar-refractivity contribution in [3.05, 3.63) is 59.7 Å².